The van der Waals surface area contributed by atoms with Crippen molar-refractivity contribution in [1.29, 1.82) is 0 Å². The molecule has 0 bridgehead atoms. The Morgan fingerprint density at radius 3 is 1.86 bits per heavy atom. The number of hydrogen-bond acceptors (Lipinski definition) is 1. The molecule has 0 saturated carbocycles. The summed E-state index contributed by atoms with van der Waals surface area (Å²) in [6.07, 6.45) is 0. The molecule has 1 atom stereocenters. The van der Waals surface area contributed by atoms with E-state index in [1.807, 2.05) is 6.92 Å². The minimum Gasteiger partial charge on any atom is -0.693 e. The molecule has 0 spiro atoms. The van der Waals surface area contributed by atoms with E-state index in [0.717, 1.165) is 0 Å². The minimum absolute atomic E-state index is 0. The molecule has 1 unspecified atom stereocenters. The van der Waals surface area contributed by atoms with Crippen molar-refractivity contribution in [1.82, 2.24) is 0 Å². The van der Waals surface area contributed by atoms with Gasteiger partial charge in [-0.15, -0.1) is 6.54 Å². The van der Waals surface area contributed by atoms with Gasteiger partial charge in [0.15, 0.2) is 0 Å². The van der Waals surface area contributed by atoms with Crippen LogP contribution in [0.5, 0.6) is 0 Å². The number of nitrogens with two attached hydrogens (primary N) is 1. The van der Waals surface area contributed by atoms with E-state index in [2.05, 4.69) is 12.6 Å². The Kier molecular flexibility index (Phi) is 22.4. The Morgan fingerprint density at radius 2 is 1.86 bits per heavy atom. The maximum absolute atomic E-state index is 6.58. The van der Waals surface area contributed by atoms with Crippen LogP contribution in [0.2, 0.25) is 0 Å². The van der Waals surface area contributed by atoms with Crippen molar-refractivity contribution >= 4 is 12.6 Å². The third kappa shape index (κ3) is 19.6. The van der Waals surface area contributed by atoms with E-state index in [1.54, 1.807) is 0 Å². The molecule has 4 heteroatoms. The van der Waals surface area contributed by atoms with Crippen LogP contribution >= 0.6 is 12.6 Å². The van der Waals surface area contributed by atoms with Crippen LogP contribution in [0, 0.1) is 0 Å². The van der Waals surface area contributed by atoms with E-state index < -0.39 is 0 Å². The summed E-state index contributed by atoms with van der Waals surface area (Å²) in [5.41, 5.74) is 6.58. The van der Waals surface area contributed by atoms with E-state index in [9.17, 15) is 0 Å². The second-order valence-electron chi connectivity index (χ2n) is 1.05. The van der Waals surface area contributed by atoms with Crippen LogP contribution in [0.1, 0.15) is 6.92 Å². The fourth-order valence-electron chi connectivity index (χ4n) is 0. The standard InChI is InChI=1S/C3H8NS.Ir.H2N/c1-3(5)2-4;;/h3-5H,2H2,1H3;;1H2/q-1;;-1. The zero-order valence-corrected chi connectivity index (χ0v) is 7.43. The van der Waals surface area contributed by atoms with Crippen molar-refractivity contribution in [2.45, 2.75) is 12.2 Å². The van der Waals surface area contributed by atoms with Gasteiger partial charge in [0.2, 0.25) is 0 Å². The normalized spacial score (nSPS) is 10.7. The Hall–Kier alpha value is 0.919. The molecule has 3 N–H and O–H groups in total. The molecule has 0 amide bonds. The molecule has 0 aliphatic rings. The van der Waals surface area contributed by atoms with Crippen LogP contribution in [0.4, 0.5) is 0 Å². The third-order valence-corrected chi connectivity index (χ3v) is 0.478. The summed E-state index contributed by atoms with van der Waals surface area (Å²) in [5.74, 6) is 0. The van der Waals surface area contributed by atoms with Crippen molar-refractivity contribution in [3.05, 3.63) is 11.9 Å². The molecule has 0 heterocycles. The van der Waals surface area contributed by atoms with Gasteiger partial charge in [-0.25, -0.2) is 0 Å². The molecule has 0 aromatic heterocycles. The Balaban J connectivity index is -0.0000000800. The Morgan fingerprint density at radius 1 is 1.71 bits per heavy atom. The summed E-state index contributed by atoms with van der Waals surface area (Å²) in [4.78, 5) is 0. The quantitative estimate of drug-likeness (QED) is 0.721. The maximum atomic E-state index is 6.58. The first-order valence-corrected chi connectivity index (χ1v) is 2.11. The average molecular weight is 298 g/mol. The third-order valence-electron chi connectivity index (χ3n) is 0.295. The molecule has 2 nitrogen and oxygen atoms in total. The maximum Gasteiger partial charge on any atom is 0 e. The van der Waals surface area contributed by atoms with E-state index in [1.165, 1.54) is 0 Å². The summed E-state index contributed by atoms with van der Waals surface area (Å²) in [5, 5.41) is 0.245. The topological polar surface area (TPSA) is 57.3 Å². The predicted molar refractivity (Wildman–Crippen MR) is 32.9 cm³/mol. The minimum atomic E-state index is 0. The zero-order valence-electron chi connectivity index (χ0n) is 4.14. The predicted octanol–water partition coefficient (Wildman–Crippen LogP) is 2.07. The van der Waals surface area contributed by atoms with Crippen molar-refractivity contribution in [3.8, 4) is 0 Å². The zero-order chi connectivity index (χ0) is 4.28. The Labute approximate surface area is 63.6 Å². The number of rotatable bonds is 1. The van der Waals surface area contributed by atoms with Crippen molar-refractivity contribution in [2.24, 2.45) is 0 Å². The van der Waals surface area contributed by atoms with E-state index in [-0.39, 0.29) is 31.5 Å². The number of nitrogens with one attached hydrogen (secondary N) is 1. The number of hydrogen-bond donors (Lipinski definition) is 1. The largest absolute Gasteiger partial charge is 0.693 e. The van der Waals surface area contributed by atoms with Gasteiger partial charge in [-0.2, -0.15) is 12.6 Å². The summed E-state index contributed by atoms with van der Waals surface area (Å²) < 4.78 is 0. The molecule has 49 valence electrons. The molecular formula is C3H10IrN2S-2. The van der Waals surface area contributed by atoms with Gasteiger partial charge in [-0.3, -0.25) is 0 Å². The van der Waals surface area contributed by atoms with Gasteiger partial charge in [-0.1, -0.05) is 6.92 Å². The summed E-state index contributed by atoms with van der Waals surface area (Å²) in [7, 11) is 0. The first kappa shape index (κ1) is 15.7. The average Bonchev–Trinajstić information content (AvgIpc) is 1.38. The first-order valence-electron chi connectivity index (χ1n) is 1.60. The van der Waals surface area contributed by atoms with E-state index in [0.29, 0.717) is 6.54 Å². The van der Waals surface area contributed by atoms with Gasteiger partial charge in [0.25, 0.3) is 0 Å². The van der Waals surface area contributed by atoms with Crippen LogP contribution in [0.25, 0.3) is 11.9 Å². The SMILES string of the molecule is CC(S)C[NH-].[Ir].[NH2-]. The second kappa shape index (κ2) is 10.0. The molecule has 0 aliphatic carbocycles. The first-order chi connectivity index (χ1) is 2.27. The van der Waals surface area contributed by atoms with E-state index in [4.69, 9.17) is 5.73 Å². The molecule has 1 radical (unpaired) electrons. The number of thiol groups is 1. The van der Waals surface area contributed by atoms with Crippen molar-refractivity contribution in [2.75, 3.05) is 6.54 Å². The molecule has 7 heavy (non-hydrogen) atoms. The monoisotopic (exact) mass is 299 g/mol. The van der Waals surface area contributed by atoms with Crippen LogP contribution in [-0.2, 0) is 20.1 Å². The van der Waals surface area contributed by atoms with Gasteiger partial charge in [0.1, 0.15) is 0 Å². The Bertz CT molecular complexity index is 26.9. The molecule has 0 saturated heterocycles. The molecule has 0 aromatic rings. The van der Waals surface area contributed by atoms with Gasteiger partial charge in [-0.05, 0) is 5.25 Å². The smallest absolute Gasteiger partial charge is 0 e. The summed E-state index contributed by atoms with van der Waals surface area (Å²) >= 11 is 3.91. The van der Waals surface area contributed by atoms with Crippen LogP contribution < -0.4 is 0 Å². The van der Waals surface area contributed by atoms with Crippen LogP contribution in [0.3, 0.4) is 0 Å². The molecule has 0 aromatic carbocycles. The van der Waals surface area contributed by atoms with Crippen molar-refractivity contribution < 1.29 is 20.1 Å². The van der Waals surface area contributed by atoms with Gasteiger partial charge >= 0.3 is 0 Å². The fourth-order valence-corrected chi connectivity index (χ4v) is 0. The van der Waals surface area contributed by atoms with Crippen molar-refractivity contribution in [3.63, 3.8) is 0 Å². The van der Waals surface area contributed by atoms with Gasteiger partial charge in [0.05, 0.1) is 0 Å². The second-order valence-corrected chi connectivity index (χ2v) is 1.93. The summed E-state index contributed by atoms with van der Waals surface area (Å²) in [6, 6.07) is 0. The van der Waals surface area contributed by atoms with Gasteiger partial charge < -0.3 is 11.9 Å². The van der Waals surface area contributed by atoms with E-state index >= 15 is 0 Å². The molecule has 0 aliphatic heterocycles. The molecular weight excluding hydrogens is 288 g/mol. The molecule has 0 rings (SSSR count). The molecule has 0 fully saturated rings. The fraction of sp³-hybridized carbons (Fsp3) is 1.00. The van der Waals surface area contributed by atoms with Crippen LogP contribution in [0.15, 0.2) is 0 Å². The van der Waals surface area contributed by atoms with Gasteiger partial charge in [0, 0.05) is 20.1 Å². The summed E-state index contributed by atoms with van der Waals surface area (Å²) in [6.45, 7) is 2.32. The van der Waals surface area contributed by atoms with Crippen LogP contribution in [-0.4, -0.2) is 11.8 Å².